The highest BCUT2D eigenvalue weighted by atomic mass is 19.1. The zero-order chi connectivity index (χ0) is 16.9. The van der Waals surface area contributed by atoms with Gasteiger partial charge in [-0.2, -0.15) is 5.26 Å². The lowest BCUT2D eigenvalue weighted by molar-refractivity contribution is -0.132. The summed E-state index contributed by atoms with van der Waals surface area (Å²) >= 11 is 0. The van der Waals surface area contributed by atoms with Crippen LogP contribution in [0.5, 0.6) is 0 Å². The maximum atomic E-state index is 13.0. The van der Waals surface area contributed by atoms with Crippen LogP contribution < -0.4 is 0 Å². The molecular weight excluding hydrogens is 303 g/mol. The Morgan fingerprint density at radius 3 is 2.29 bits per heavy atom. The van der Waals surface area contributed by atoms with Crippen LogP contribution in [0.1, 0.15) is 36.0 Å². The molecule has 2 aromatic rings. The van der Waals surface area contributed by atoms with E-state index in [1.165, 1.54) is 12.1 Å². The Hall–Kier alpha value is -2.67. The molecule has 0 aliphatic heterocycles. The molecule has 1 aliphatic rings. The number of aryl methyl sites for hydroxylation is 1. The van der Waals surface area contributed by atoms with Crippen molar-refractivity contribution in [2.45, 2.75) is 38.3 Å². The number of halogens is 1. The first kappa shape index (κ1) is 16.2. The van der Waals surface area contributed by atoms with Crippen LogP contribution in [0.4, 0.5) is 4.39 Å². The van der Waals surface area contributed by atoms with Crippen molar-refractivity contribution in [1.82, 2.24) is 4.90 Å². The van der Waals surface area contributed by atoms with E-state index in [4.69, 9.17) is 5.26 Å². The summed E-state index contributed by atoms with van der Waals surface area (Å²) in [7, 11) is 0. The molecule has 1 saturated carbocycles. The van der Waals surface area contributed by atoms with Crippen LogP contribution in [0.3, 0.4) is 0 Å². The Bertz CT molecular complexity index is 743. The quantitative estimate of drug-likeness (QED) is 0.811. The second-order valence-electron chi connectivity index (χ2n) is 6.19. The summed E-state index contributed by atoms with van der Waals surface area (Å²) in [6.07, 6.45) is 3.20. The van der Waals surface area contributed by atoms with E-state index in [9.17, 15) is 9.18 Å². The standard InChI is InChI=1S/C20H19FN2O/c21-18-8-5-17(6-9-18)14-23(19-10-11-19)20(24)12-7-15-1-3-16(13-22)4-2-15/h1-6,8-9,19H,7,10-12,14H2. The van der Waals surface area contributed by atoms with Gasteiger partial charge in [0.15, 0.2) is 0 Å². The van der Waals surface area contributed by atoms with E-state index in [1.54, 1.807) is 24.3 Å². The minimum absolute atomic E-state index is 0.131. The molecule has 0 N–H and O–H groups in total. The van der Waals surface area contributed by atoms with Crippen molar-refractivity contribution in [3.63, 3.8) is 0 Å². The van der Waals surface area contributed by atoms with Crippen LogP contribution in [-0.2, 0) is 17.8 Å². The number of carbonyl (C=O) groups is 1. The highest BCUT2D eigenvalue weighted by Crippen LogP contribution is 2.29. The van der Waals surface area contributed by atoms with E-state index < -0.39 is 0 Å². The van der Waals surface area contributed by atoms with Crippen molar-refractivity contribution >= 4 is 5.91 Å². The summed E-state index contributed by atoms with van der Waals surface area (Å²) in [6.45, 7) is 0.539. The Kier molecular flexibility index (Phi) is 4.90. The normalized spacial score (nSPS) is 13.3. The average Bonchev–Trinajstić information content (AvgIpc) is 3.44. The smallest absolute Gasteiger partial charge is 0.223 e. The number of hydrogen-bond acceptors (Lipinski definition) is 2. The van der Waals surface area contributed by atoms with Gasteiger partial charge in [-0.3, -0.25) is 4.79 Å². The molecule has 0 aromatic heterocycles. The molecule has 1 amide bonds. The Labute approximate surface area is 141 Å². The first-order valence-electron chi connectivity index (χ1n) is 8.18. The summed E-state index contributed by atoms with van der Waals surface area (Å²) in [4.78, 5) is 14.5. The first-order valence-corrected chi connectivity index (χ1v) is 8.18. The van der Waals surface area contributed by atoms with E-state index in [0.717, 1.165) is 24.0 Å². The molecule has 1 fully saturated rings. The maximum Gasteiger partial charge on any atom is 0.223 e. The zero-order valence-corrected chi connectivity index (χ0v) is 13.4. The van der Waals surface area contributed by atoms with Crippen LogP contribution in [0, 0.1) is 17.1 Å². The molecule has 0 unspecified atom stereocenters. The summed E-state index contributed by atoms with van der Waals surface area (Å²) in [5, 5.41) is 8.81. The maximum absolute atomic E-state index is 13.0. The lowest BCUT2D eigenvalue weighted by atomic mass is 10.1. The third kappa shape index (κ3) is 4.20. The summed E-state index contributed by atoms with van der Waals surface area (Å²) < 4.78 is 13.0. The number of amides is 1. The van der Waals surface area contributed by atoms with Crippen molar-refractivity contribution in [3.8, 4) is 6.07 Å². The lowest BCUT2D eigenvalue weighted by Crippen LogP contribution is -2.32. The van der Waals surface area contributed by atoms with E-state index in [-0.39, 0.29) is 11.7 Å². The molecule has 0 bridgehead atoms. The Balaban J connectivity index is 1.60. The summed E-state index contributed by atoms with van der Waals surface area (Å²) in [6, 6.07) is 16.1. The van der Waals surface area contributed by atoms with Gasteiger partial charge >= 0.3 is 0 Å². The SMILES string of the molecule is N#Cc1ccc(CCC(=O)N(Cc2ccc(F)cc2)C2CC2)cc1. The molecule has 0 radical (unpaired) electrons. The fourth-order valence-corrected chi connectivity index (χ4v) is 2.73. The van der Waals surface area contributed by atoms with Gasteiger partial charge in [-0.25, -0.2) is 4.39 Å². The van der Waals surface area contributed by atoms with Crippen molar-refractivity contribution in [2.24, 2.45) is 0 Å². The van der Waals surface area contributed by atoms with Gasteiger partial charge in [-0.05, 0) is 54.7 Å². The second-order valence-corrected chi connectivity index (χ2v) is 6.19. The van der Waals surface area contributed by atoms with Gasteiger partial charge < -0.3 is 4.90 Å². The van der Waals surface area contributed by atoms with Crippen molar-refractivity contribution in [2.75, 3.05) is 0 Å². The molecule has 0 heterocycles. The molecule has 24 heavy (non-hydrogen) atoms. The van der Waals surface area contributed by atoms with Gasteiger partial charge in [0.1, 0.15) is 5.82 Å². The summed E-state index contributed by atoms with van der Waals surface area (Å²) in [5.74, 6) is -0.130. The minimum Gasteiger partial charge on any atom is -0.335 e. The van der Waals surface area contributed by atoms with Crippen LogP contribution >= 0.6 is 0 Å². The van der Waals surface area contributed by atoms with Crippen molar-refractivity contribution in [3.05, 3.63) is 71.0 Å². The lowest BCUT2D eigenvalue weighted by Gasteiger charge is -2.22. The minimum atomic E-state index is -0.260. The highest BCUT2D eigenvalue weighted by molar-refractivity contribution is 5.77. The van der Waals surface area contributed by atoms with Gasteiger partial charge in [0.25, 0.3) is 0 Å². The third-order valence-corrected chi connectivity index (χ3v) is 4.28. The van der Waals surface area contributed by atoms with Crippen LogP contribution in [0.25, 0.3) is 0 Å². The molecule has 3 nitrogen and oxygen atoms in total. The molecule has 122 valence electrons. The number of nitriles is 1. The second kappa shape index (κ2) is 7.27. The number of hydrogen-bond donors (Lipinski definition) is 0. The molecular formula is C20H19FN2O. The molecule has 0 spiro atoms. The largest absolute Gasteiger partial charge is 0.335 e. The first-order chi connectivity index (χ1) is 11.7. The Morgan fingerprint density at radius 1 is 1.08 bits per heavy atom. The average molecular weight is 322 g/mol. The van der Waals surface area contributed by atoms with Crippen LogP contribution in [0.15, 0.2) is 48.5 Å². The van der Waals surface area contributed by atoms with Gasteiger partial charge in [0.2, 0.25) is 5.91 Å². The topological polar surface area (TPSA) is 44.1 Å². The number of rotatable bonds is 6. The Morgan fingerprint density at radius 2 is 1.71 bits per heavy atom. The molecule has 1 aliphatic carbocycles. The van der Waals surface area contributed by atoms with Crippen molar-refractivity contribution in [1.29, 1.82) is 5.26 Å². The molecule has 4 heteroatoms. The monoisotopic (exact) mass is 322 g/mol. The third-order valence-electron chi connectivity index (χ3n) is 4.28. The number of carbonyl (C=O) groups excluding carboxylic acids is 1. The van der Waals surface area contributed by atoms with Crippen LogP contribution in [0.2, 0.25) is 0 Å². The number of nitrogens with zero attached hydrogens (tertiary/aromatic N) is 2. The fourth-order valence-electron chi connectivity index (χ4n) is 2.73. The van der Waals surface area contributed by atoms with E-state index in [2.05, 4.69) is 6.07 Å². The number of benzene rings is 2. The van der Waals surface area contributed by atoms with E-state index in [1.807, 2.05) is 17.0 Å². The van der Waals surface area contributed by atoms with Gasteiger partial charge in [-0.1, -0.05) is 24.3 Å². The molecule has 0 atom stereocenters. The molecule has 2 aromatic carbocycles. The molecule has 3 rings (SSSR count). The summed E-state index contributed by atoms with van der Waals surface area (Å²) in [5.41, 5.74) is 2.64. The van der Waals surface area contributed by atoms with Gasteiger partial charge in [0, 0.05) is 19.0 Å². The predicted octanol–water partition coefficient (Wildman–Crippen LogP) is 3.82. The zero-order valence-electron chi connectivity index (χ0n) is 13.4. The van der Waals surface area contributed by atoms with Gasteiger partial charge in [0.05, 0.1) is 11.6 Å². The van der Waals surface area contributed by atoms with Crippen molar-refractivity contribution < 1.29 is 9.18 Å². The fraction of sp³-hybridized carbons (Fsp3) is 0.300. The van der Waals surface area contributed by atoms with Gasteiger partial charge in [-0.15, -0.1) is 0 Å². The van der Waals surface area contributed by atoms with E-state index in [0.29, 0.717) is 31.0 Å². The van der Waals surface area contributed by atoms with E-state index >= 15 is 0 Å². The predicted molar refractivity (Wildman–Crippen MR) is 89.5 cm³/mol. The molecule has 0 saturated heterocycles. The van der Waals surface area contributed by atoms with Crippen LogP contribution in [-0.4, -0.2) is 16.8 Å². The highest BCUT2D eigenvalue weighted by Gasteiger charge is 2.32.